The summed E-state index contributed by atoms with van der Waals surface area (Å²) in [5.74, 6) is 1.90. The highest BCUT2D eigenvalue weighted by Crippen LogP contribution is 2.27. The molecule has 0 radical (unpaired) electrons. The van der Waals surface area contributed by atoms with Crippen molar-refractivity contribution in [1.82, 2.24) is 0 Å². The first kappa shape index (κ1) is 22.0. The fraction of sp³-hybridized carbons (Fsp3) is 0.357. The van der Waals surface area contributed by atoms with Crippen LogP contribution in [0.5, 0.6) is 11.5 Å². The predicted molar refractivity (Wildman–Crippen MR) is 127 cm³/mol. The second kappa shape index (κ2) is 12.1. The van der Waals surface area contributed by atoms with Gasteiger partial charge in [-0.2, -0.15) is 0 Å². The molecule has 2 heteroatoms. The molecule has 0 saturated heterocycles. The molecular formula is C28H34O2. The van der Waals surface area contributed by atoms with Gasteiger partial charge in [-0.3, -0.25) is 0 Å². The van der Waals surface area contributed by atoms with E-state index in [-0.39, 0.29) is 0 Å². The van der Waals surface area contributed by atoms with Gasteiger partial charge in [-0.25, -0.2) is 0 Å². The first-order chi connectivity index (χ1) is 14.8. The Morgan fingerprint density at radius 3 is 1.03 bits per heavy atom. The topological polar surface area (TPSA) is 18.5 Å². The maximum absolute atomic E-state index is 5.81. The van der Waals surface area contributed by atoms with E-state index in [2.05, 4.69) is 86.6 Å². The minimum Gasteiger partial charge on any atom is -0.494 e. The summed E-state index contributed by atoms with van der Waals surface area (Å²) < 4.78 is 11.6. The molecule has 0 spiro atoms. The molecule has 158 valence electrons. The van der Waals surface area contributed by atoms with Gasteiger partial charge < -0.3 is 9.47 Å². The Hall–Kier alpha value is -2.74. The molecule has 0 unspecified atom stereocenters. The van der Waals surface area contributed by atoms with Gasteiger partial charge in [0.2, 0.25) is 0 Å². The molecule has 0 aliphatic carbocycles. The Balaban J connectivity index is 1.56. The third-order valence-corrected chi connectivity index (χ3v) is 5.29. The molecule has 0 fully saturated rings. The average molecular weight is 403 g/mol. The van der Waals surface area contributed by atoms with Gasteiger partial charge in [0.25, 0.3) is 0 Å². The van der Waals surface area contributed by atoms with Crippen LogP contribution in [0.3, 0.4) is 0 Å². The third-order valence-electron chi connectivity index (χ3n) is 5.29. The van der Waals surface area contributed by atoms with Gasteiger partial charge in [0, 0.05) is 0 Å². The fourth-order valence-corrected chi connectivity index (χ4v) is 3.43. The van der Waals surface area contributed by atoms with Crippen LogP contribution in [0.2, 0.25) is 0 Å². The van der Waals surface area contributed by atoms with Crippen molar-refractivity contribution >= 4 is 0 Å². The van der Waals surface area contributed by atoms with E-state index in [1.54, 1.807) is 0 Å². The summed E-state index contributed by atoms with van der Waals surface area (Å²) in [7, 11) is 0. The lowest BCUT2D eigenvalue weighted by Crippen LogP contribution is -1.96. The number of unbranched alkanes of at least 4 members (excludes halogenated alkanes) is 4. The van der Waals surface area contributed by atoms with Crippen LogP contribution >= 0.6 is 0 Å². The third kappa shape index (κ3) is 6.66. The quantitative estimate of drug-likeness (QED) is 0.284. The summed E-state index contributed by atoms with van der Waals surface area (Å²) in [6.45, 7) is 6.01. The Bertz CT molecular complexity index is 774. The van der Waals surface area contributed by atoms with Crippen molar-refractivity contribution in [2.45, 2.75) is 52.4 Å². The first-order valence-corrected chi connectivity index (χ1v) is 11.4. The largest absolute Gasteiger partial charge is 0.494 e. The van der Waals surface area contributed by atoms with Crippen LogP contribution in [0.15, 0.2) is 72.8 Å². The molecule has 3 aromatic rings. The van der Waals surface area contributed by atoms with Crippen molar-refractivity contribution in [3.63, 3.8) is 0 Å². The van der Waals surface area contributed by atoms with Crippen LogP contribution in [0, 0.1) is 0 Å². The fourth-order valence-electron chi connectivity index (χ4n) is 3.43. The van der Waals surface area contributed by atoms with Gasteiger partial charge in [0.1, 0.15) is 11.5 Å². The Kier molecular flexibility index (Phi) is 8.83. The van der Waals surface area contributed by atoms with E-state index in [0.29, 0.717) is 0 Å². The van der Waals surface area contributed by atoms with Crippen molar-refractivity contribution in [1.29, 1.82) is 0 Å². The first-order valence-electron chi connectivity index (χ1n) is 11.4. The van der Waals surface area contributed by atoms with Crippen LogP contribution in [-0.2, 0) is 0 Å². The van der Waals surface area contributed by atoms with Crippen LogP contribution < -0.4 is 9.47 Å². The van der Waals surface area contributed by atoms with Crippen molar-refractivity contribution < 1.29 is 9.47 Å². The van der Waals surface area contributed by atoms with Crippen LogP contribution in [0.4, 0.5) is 0 Å². The minimum atomic E-state index is 0.796. The maximum atomic E-state index is 5.81. The lowest BCUT2D eigenvalue weighted by Gasteiger charge is -2.09. The standard InChI is InChI=1S/C28H34O2/c1-3-5-7-21-29-27-17-13-25(14-18-27)23-9-11-24(12-10-23)26-15-19-28(20-16-26)30-22-8-6-4-2/h9-20H,3-8,21-22H2,1-2H3. The lowest BCUT2D eigenvalue weighted by atomic mass is 10.0. The van der Waals surface area contributed by atoms with E-state index in [9.17, 15) is 0 Å². The highest BCUT2D eigenvalue weighted by atomic mass is 16.5. The Morgan fingerprint density at radius 1 is 0.433 bits per heavy atom. The Morgan fingerprint density at radius 2 is 0.733 bits per heavy atom. The Labute approximate surface area is 181 Å². The van der Waals surface area contributed by atoms with Crippen molar-refractivity contribution in [2.75, 3.05) is 13.2 Å². The summed E-state index contributed by atoms with van der Waals surface area (Å²) in [4.78, 5) is 0. The SMILES string of the molecule is CCCCCOc1ccc(-c2ccc(-c3ccc(OCCCCC)cc3)cc2)cc1. The van der Waals surface area contributed by atoms with Gasteiger partial charge in [0.15, 0.2) is 0 Å². The number of rotatable bonds is 12. The van der Waals surface area contributed by atoms with Gasteiger partial charge in [-0.05, 0) is 59.4 Å². The summed E-state index contributed by atoms with van der Waals surface area (Å²) >= 11 is 0. The summed E-state index contributed by atoms with van der Waals surface area (Å²) in [6, 6.07) is 25.5. The van der Waals surface area contributed by atoms with Crippen LogP contribution in [-0.4, -0.2) is 13.2 Å². The van der Waals surface area contributed by atoms with E-state index in [4.69, 9.17) is 9.47 Å². The normalized spacial score (nSPS) is 10.7. The number of hydrogen-bond donors (Lipinski definition) is 0. The molecule has 0 aliphatic heterocycles. The smallest absolute Gasteiger partial charge is 0.119 e. The molecule has 3 aromatic carbocycles. The number of ether oxygens (including phenoxy) is 2. The van der Waals surface area contributed by atoms with Gasteiger partial charge in [0.05, 0.1) is 13.2 Å². The van der Waals surface area contributed by atoms with Gasteiger partial charge in [-0.15, -0.1) is 0 Å². The molecule has 30 heavy (non-hydrogen) atoms. The summed E-state index contributed by atoms with van der Waals surface area (Å²) in [5, 5.41) is 0. The highest BCUT2D eigenvalue weighted by molar-refractivity contribution is 5.71. The minimum absolute atomic E-state index is 0.796. The van der Waals surface area contributed by atoms with E-state index < -0.39 is 0 Å². The second-order valence-corrected chi connectivity index (χ2v) is 7.74. The van der Waals surface area contributed by atoms with Crippen molar-refractivity contribution in [3.8, 4) is 33.8 Å². The molecular weight excluding hydrogens is 368 g/mol. The average Bonchev–Trinajstić information content (AvgIpc) is 2.81. The van der Waals surface area contributed by atoms with E-state index in [1.165, 1.54) is 47.9 Å². The molecule has 0 saturated carbocycles. The maximum Gasteiger partial charge on any atom is 0.119 e. The molecule has 0 amide bonds. The zero-order chi connectivity index (χ0) is 21.0. The molecule has 0 atom stereocenters. The second-order valence-electron chi connectivity index (χ2n) is 7.74. The van der Waals surface area contributed by atoms with Crippen LogP contribution in [0.1, 0.15) is 52.4 Å². The monoisotopic (exact) mass is 402 g/mol. The molecule has 3 rings (SSSR count). The number of benzene rings is 3. The van der Waals surface area contributed by atoms with E-state index >= 15 is 0 Å². The molecule has 0 N–H and O–H groups in total. The molecule has 0 bridgehead atoms. The van der Waals surface area contributed by atoms with Crippen molar-refractivity contribution in [3.05, 3.63) is 72.8 Å². The van der Waals surface area contributed by atoms with E-state index in [1.807, 2.05) is 0 Å². The zero-order valence-electron chi connectivity index (χ0n) is 18.4. The van der Waals surface area contributed by atoms with Crippen LogP contribution in [0.25, 0.3) is 22.3 Å². The van der Waals surface area contributed by atoms with Crippen molar-refractivity contribution in [2.24, 2.45) is 0 Å². The summed E-state index contributed by atoms with van der Waals surface area (Å²) in [6.07, 6.45) is 7.11. The molecule has 0 aromatic heterocycles. The predicted octanol–water partition coefficient (Wildman–Crippen LogP) is 8.16. The molecule has 0 heterocycles. The molecule has 0 aliphatic rings. The number of hydrogen-bond acceptors (Lipinski definition) is 2. The summed E-state index contributed by atoms with van der Waals surface area (Å²) in [5.41, 5.74) is 4.84. The van der Waals surface area contributed by atoms with E-state index in [0.717, 1.165) is 37.6 Å². The highest BCUT2D eigenvalue weighted by Gasteiger charge is 2.02. The molecule has 2 nitrogen and oxygen atoms in total. The lowest BCUT2D eigenvalue weighted by molar-refractivity contribution is 0.306. The van der Waals surface area contributed by atoms with Gasteiger partial charge >= 0.3 is 0 Å². The zero-order valence-corrected chi connectivity index (χ0v) is 18.4. The van der Waals surface area contributed by atoms with Gasteiger partial charge in [-0.1, -0.05) is 88.1 Å².